The van der Waals surface area contributed by atoms with Gasteiger partial charge in [0.2, 0.25) is 0 Å². The molecular formula is C26H40ClF3N2O5Si. The van der Waals surface area contributed by atoms with Gasteiger partial charge in [-0.1, -0.05) is 32.9 Å². The van der Waals surface area contributed by atoms with Crippen molar-refractivity contribution in [2.75, 3.05) is 26.2 Å². The normalized spacial score (nSPS) is 19.9. The topological polar surface area (TPSA) is 68.3 Å². The van der Waals surface area contributed by atoms with Gasteiger partial charge in [0.05, 0.1) is 32.4 Å². The van der Waals surface area contributed by atoms with Crippen LogP contribution < -0.4 is 4.74 Å². The summed E-state index contributed by atoms with van der Waals surface area (Å²) in [7, 11) is -0.659. The Labute approximate surface area is 229 Å². The fraction of sp³-hybridized carbons (Fsp3) is 0.692. The van der Waals surface area contributed by atoms with Crippen molar-refractivity contribution in [3.63, 3.8) is 0 Å². The summed E-state index contributed by atoms with van der Waals surface area (Å²) >= 11 is 5.71. The summed E-state index contributed by atoms with van der Waals surface area (Å²) < 4.78 is 58.5. The van der Waals surface area contributed by atoms with Gasteiger partial charge in [-0.05, 0) is 55.6 Å². The summed E-state index contributed by atoms with van der Waals surface area (Å²) in [6, 6.07) is 6.85. The first kappa shape index (κ1) is 32.2. The first-order valence-electron chi connectivity index (χ1n) is 13.1. The number of hydrogen-bond acceptors (Lipinski definition) is 5. The van der Waals surface area contributed by atoms with E-state index in [1.807, 2.05) is 0 Å². The molecule has 0 unspecified atom stereocenters. The number of rotatable bonds is 13. The Bertz CT molecular complexity index is 894. The van der Waals surface area contributed by atoms with Gasteiger partial charge in [0.15, 0.2) is 8.32 Å². The molecule has 2 rings (SSSR count). The van der Waals surface area contributed by atoms with Crippen LogP contribution in [-0.2, 0) is 20.5 Å². The summed E-state index contributed by atoms with van der Waals surface area (Å²) in [4.78, 5) is 28.2. The number of halogens is 4. The average Bonchev–Trinajstić information content (AvgIpc) is 3.23. The number of likely N-dealkylation sites (tertiary alicyclic amines) is 1. The van der Waals surface area contributed by atoms with Crippen LogP contribution in [0.4, 0.5) is 18.0 Å². The number of carbonyl (C=O) groups excluding carboxylic acids is 2. The van der Waals surface area contributed by atoms with Gasteiger partial charge in [-0.3, -0.25) is 9.69 Å². The van der Waals surface area contributed by atoms with Gasteiger partial charge < -0.3 is 18.8 Å². The number of amides is 2. The first-order chi connectivity index (χ1) is 18.0. The number of carbonyl (C=O) groups is 2. The molecule has 0 N–H and O–H groups in total. The van der Waals surface area contributed by atoms with Gasteiger partial charge in [0, 0.05) is 18.5 Å². The Hall–Kier alpha value is -1.98. The highest BCUT2D eigenvalue weighted by atomic mass is 35.5. The van der Waals surface area contributed by atoms with Crippen molar-refractivity contribution in [3.05, 3.63) is 29.8 Å². The number of benzene rings is 1. The van der Waals surface area contributed by atoms with Crippen LogP contribution in [0.15, 0.2) is 24.3 Å². The molecule has 0 saturated carbocycles. The maximum Gasteiger partial charge on any atom is 0.471 e. The van der Waals surface area contributed by atoms with Crippen molar-refractivity contribution in [3.8, 4) is 5.75 Å². The zero-order valence-corrected chi connectivity index (χ0v) is 24.6. The number of hydrogen-bond donors (Lipinski definition) is 0. The maximum absolute atomic E-state index is 13.8. The Morgan fingerprint density at radius 1 is 1.13 bits per heavy atom. The summed E-state index contributed by atoms with van der Waals surface area (Å²) in [5.74, 6) is -1.09. The van der Waals surface area contributed by atoms with Crippen molar-refractivity contribution in [2.45, 2.75) is 89.5 Å². The van der Waals surface area contributed by atoms with Crippen LogP contribution in [0.1, 0.15) is 46.1 Å². The summed E-state index contributed by atoms with van der Waals surface area (Å²) in [6.07, 6.45) is -5.10. The van der Waals surface area contributed by atoms with E-state index >= 15 is 0 Å². The highest BCUT2D eigenvalue weighted by molar-refractivity contribution is 6.73. The van der Waals surface area contributed by atoms with Crippen LogP contribution in [0.3, 0.4) is 0 Å². The van der Waals surface area contributed by atoms with Crippen LogP contribution >= 0.6 is 11.6 Å². The molecule has 3 atom stereocenters. The van der Waals surface area contributed by atoms with E-state index in [2.05, 4.69) is 20.8 Å². The standard InChI is InChI=1S/C26H40ClF3N2O5Si/c1-6-38(7-2,8-3)37-18-23-22(16-19(4)32(23)25(34)36-15-9-14-27)31(24(33)26(28,29)30)17-20-10-12-21(35-5)13-11-20/h10-13,19,22-23H,6-9,14-18H2,1-5H3/t19-,22+,23+/m1/s1. The number of ether oxygens (including phenoxy) is 2. The summed E-state index contributed by atoms with van der Waals surface area (Å²) in [6.45, 7) is 7.76. The molecule has 1 aromatic rings. The van der Waals surface area contributed by atoms with Crippen molar-refractivity contribution in [1.29, 1.82) is 0 Å². The first-order valence-corrected chi connectivity index (χ1v) is 16.2. The molecule has 0 bridgehead atoms. The second kappa shape index (κ2) is 14.4. The highest BCUT2D eigenvalue weighted by Gasteiger charge is 2.52. The van der Waals surface area contributed by atoms with E-state index in [1.165, 1.54) is 12.0 Å². The van der Waals surface area contributed by atoms with Gasteiger partial charge in [-0.15, -0.1) is 11.6 Å². The molecule has 38 heavy (non-hydrogen) atoms. The fourth-order valence-corrected chi connectivity index (χ4v) is 7.76. The van der Waals surface area contributed by atoms with Gasteiger partial charge in [0.1, 0.15) is 5.75 Å². The monoisotopic (exact) mass is 580 g/mol. The van der Waals surface area contributed by atoms with Crippen LogP contribution in [0.25, 0.3) is 0 Å². The highest BCUT2D eigenvalue weighted by Crippen LogP contribution is 2.35. The lowest BCUT2D eigenvalue weighted by Gasteiger charge is -2.38. The summed E-state index contributed by atoms with van der Waals surface area (Å²) in [5, 5.41) is 0. The molecule has 1 heterocycles. The van der Waals surface area contributed by atoms with E-state index in [4.69, 9.17) is 25.5 Å². The van der Waals surface area contributed by atoms with Gasteiger partial charge >= 0.3 is 18.2 Å². The third kappa shape index (κ3) is 8.02. The molecule has 7 nitrogen and oxygen atoms in total. The minimum absolute atomic E-state index is 0.0333. The summed E-state index contributed by atoms with van der Waals surface area (Å²) in [5.41, 5.74) is 0.512. The molecule has 216 valence electrons. The van der Waals surface area contributed by atoms with Crippen LogP contribution in [0, 0.1) is 0 Å². The third-order valence-electron chi connectivity index (χ3n) is 7.48. The Kier molecular flexibility index (Phi) is 12.2. The Balaban J connectivity index is 2.47. The molecule has 0 aliphatic carbocycles. The van der Waals surface area contributed by atoms with Crippen LogP contribution in [0.2, 0.25) is 18.1 Å². The predicted molar refractivity (Wildman–Crippen MR) is 143 cm³/mol. The maximum atomic E-state index is 13.8. The van der Waals surface area contributed by atoms with E-state index in [0.29, 0.717) is 23.6 Å². The molecule has 1 aromatic carbocycles. The largest absolute Gasteiger partial charge is 0.497 e. The molecule has 12 heteroatoms. The van der Waals surface area contributed by atoms with E-state index in [-0.39, 0.29) is 26.2 Å². The quantitative estimate of drug-likeness (QED) is 0.158. The average molecular weight is 581 g/mol. The molecular weight excluding hydrogens is 541 g/mol. The second-order valence-electron chi connectivity index (χ2n) is 9.62. The number of nitrogens with zero attached hydrogens (tertiary/aromatic N) is 2. The lowest BCUT2D eigenvalue weighted by molar-refractivity contribution is -0.189. The molecule has 2 amide bonds. The van der Waals surface area contributed by atoms with Crippen LogP contribution in [-0.4, -0.2) is 80.6 Å². The molecule has 0 spiro atoms. The van der Waals surface area contributed by atoms with E-state index in [9.17, 15) is 22.8 Å². The van der Waals surface area contributed by atoms with Crippen molar-refractivity contribution in [2.24, 2.45) is 0 Å². The third-order valence-corrected chi connectivity index (χ3v) is 12.4. The molecule has 0 radical (unpaired) electrons. The predicted octanol–water partition coefficient (Wildman–Crippen LogP) is 6.20. The number of alkyl halides is 4. The SMILES string of the molecule is CC[Si](CC)(CC)OC[C@H]1[C@@H](N(Cc2ccc(OC)cc2)C(=O)C(F)(F)F)C[C@@H](C)N1C(=O)OCCCCl. The van der Waals surface area contributed by atoms with Gasteiger partial charge in [0.25, 0.3) is 0 Å². The second-order valence-corrected chi connectivity index (χ2v) is 14.8. The minimum atomic E-state index is -5.08. The molecule has 1 fully saturated rings. The van der Waals surface area contributed by atoms with Gasteiger partial charge in [-0.2, -0.15) is 13.2 Å². The Morgan fingerprint density at radius 3 is 2.24 bits per heavy atom. The number of methoxy groups -OCH3 is 1. The zero-order chi connectivity index (χ0) is 28.5. The molecule has 1 saturated heterocycles. The molecule has 1 aliphatic rings. The Morgan fingerprint density at radius 2 is 1.74 bits per heavy atom. The minimum Gasteiger partial charge on any atom is -0.497 e. The smallest absolute Gasteiger partial charge is 0.471 e. The van der Waals surface area contributed by atoms with Crippen molar-refractivity contribution in [1.82, 2.24) is 9.80 Å². The van der Waals surface area contributed by atoms with Crippen molar-refractivity contribution >= 4 is 31.9 Å². The fourth-order valence-electron chi connectivity index (χ4n) is 5.01. The van der Waals surface area contributed by atoms with E-state index in [1.54, 1.807) is 31.2 Å². The van der Waals surface area contributed by atoms with Gasteiger partial charge in [-0.25, -0.2) is 4.79 Å². The lowest BCUT2D eigenvalue weighted by Crippen LogP contribution is -2.55. The van der Waals surface area contributed by atoms with E-state index < -0.39 is 44.6 Å². The lowest BCUT2D eigenvalue weighted by atomic mass is 10.0. The van der Waals surface area contributed by atoms with Crippen molar-refractivity contribution < 1.29 is 36.7 Å². The van der Waals surface area contributed by atoms with E-state index in [0.717, 1.165) is 23.0 Å². The molecule has 1 aliphatic heterocycles. The zero-order valence-electron chi connectivity index (χ0n) is 22.9. The van der Waals surface area contributed by atoms with Crippen LogP contribution in [0.5, 0.6) is 5.75 Å². The molecule has 0 aromatic heterocycles.